The molecule has 96 valence electrons. The van der Waals surface area contributed by atoms with Gasteiger partial charge in [-0.15, -0.1) is 10.2 Å². The molecule has 2 rings (SSSR count). The lowest BCUT2D eigenvalue weighted by molar-refractivity contribution is 0.802. The van der Waals surface area contributed by atoms with Crippen LogP contribution in [0.1, 0.15) is 25.3 Å². The summed E-state index contributed by atoms with van der Waals surface area (Å²) in [6.45, 7) is 4.14. The van der Waals surface area contributed by atoms with Gasteiger partial charge in [0.15, 0.2) is 8.68 Å². The highest BCUT2D eigenvalue weighted by Gasteiger charge is 2.16. The van der Waals surface area contributed by atoms with Gasteiger partial charge in [0.25, 0.3) is 0 Å². The van der Waals surface area contributed by atoms with E-state index < -0.39 is 0 Å². The van der Waals surface area contributed by atoms with E-state index in [1.165, 1.54) is 18.1 Å². The van der Waals surface area contributed by atoms with Crippen LogP contribution in [0.5, 0.6) is 0 Å². The first kappa shape index (κ1) is 14.0. The molecule has 2 aromatic rings. The summed E-state index contributed by atoms with van der Waals surface area (Å²) in [4.78, 5) is 8.32. The molecule has 0 aliphatic heterocycles. The highest BCUT2D eigenvalue weighted by atomic mass is 35.5. The molecular formula is C10H11ClN4S3. The third-order valence-electron chi connectivity index (χ3n) is 2.12. The second kappa shape index (κ2) is 6.18. The molecule has 0 unspecified atom stereocenters. The molecule has 0 amide bonds. The fourth-order valence-corrected chi connectivity index (χ4v) is 4.33. The van der Waals surface area contributed by atoms with Crippen LogP contribution in [0.3, 0.4) is 0 Å². The van der Waals surface area contributed by atoms with Gasteiger partial charge < -0.3 is 0 Å². The van der Waals surface area contributed by atoms with Gasteiger partial charge in [-0.2, -0.15) is 0 Å². The van der Waals surface area contributed by atoms with Crippen molar-refractivity contribution in [3.05, 3.63) is 17.0 Å². The zero-order valence-corrected chi connectivity index (χ0v) is 13.3. The van der Waals surface area contributed by atoms with Gasteiger partial charge in [0.1, 0.15) is 16.5 Å². The Bertz CT molecular complexity index is 544. The minimum atomic E-state index is 0.272. The Morgan fingerprint density at radius 1 is 1.22 bits per heavy atom. The smallest absolute Gasteiger partial charge is 0.181 e. The molecule has 0 aliphatic rings. The Kier molecular flexibility index (Phi) is 4.83. The summed E-state index contributed by atoms with van der Waals surface area (Å²) in [5, 5.41) is 9.55. The molecule has 0 aliphatic carbocycles. The van der Waals surface area contributed by atoms with E-state index in [4.69, 9.17) is 11.6 Å². The summed E-state index contributed by atoms with van der Waals surface area (Å²) in [5.41, 5.74) is 0.963. The molecular weight excluding hydrogens is 308 g/mol. The van der Waals surface area contributed by atoms with Crippen molar-refractivity contribution < 1.29 is 0 Å². The van der Waals surface area contributed by atoms with Crippen molar-refractivity contribution in [1.82, 2.24) is 20.2 Å². The summed E-state index contributed by atoms with van der Waals surface area (Å²) in [5.74, 6) is 0.272. The van der Waals surface area contributed by atoms with E-state index in [2.05, 4.69) is 34.0 Å². The molecule has 0 atom stereocenters. The molecule has 18 heavy (non-hydrogen) atoms. The predicted molar refractivity (Wildman–Crippen MR) is 76.9 cm³/mol. The number of aromatic nitrogens is 4. The number of thioether (sulfide) groups is 1. The summed E-state index contributed by atoms with van der Waals surface area (Å²) >= 11 is 10.8. The van der Waals surface area contributed by atoms with Gasteiger partial charge in [-0.3, -0.25) is 0 Å². The Morgan fingerprint density at radius 2 is 1.94 bits per heavy atom. The first-order chi connectivity index (χ1) is 8.61. The SMILES string of the molecule is CSc1nnc(Sc2ncnc(Cl)c2C(C)C)s1. The first-order valence-electron chi connectivity index (χ1n) is 5.17. The zero-order valence-electron chi connectivity index (χ0n) is 10.0. The quantitative estimate of drug-likeness (QED) is 0.628. The van der Waals surface area contributed by atoms with Crippen molar-refractivity contribution in [3.63, 3.8) is 0 Å². The van der Waals surface area contributed by atoms with Crippen LogP contribution in [0.15, 0.2) is 20.0 Å². The average Bonchev–Trinajstić information content (AvgIpc) is 2.76. The lowest BCUT2D eigenvalue weighted by Crippen LogP contribution is -1.97. The van der Waals surface area contributed by atoms with Crippen LogP contribution in [-0.2, 0) is 0 Å². The average molecular weight is 319 g/mol. The normalized spacial score (nSPS) is 11.2. The van der Waals surface area contributed by atoms with E-state index in [1.54, 1.807) is 23.1 Å². The van der Waals surface area contributed by atoms with Gasteiger partial charge in [0.05, 0.1) is 0 Å². The van der Waals surface area contributed by atoms with Gasteiger partial charge >= 0.3 is 0 Å². The standard InChI is InChI=1S/C10H11ClN4S3/c1-5(2)6-7(11)12-4-13-8(6)17-10-15-14-9(16-3)18-10/h4-5H,1-3H3. The fraction of sp³-hybridized carbons (Fsp3) is 0.400. The topological polar surface area (TPSA) is 51.6 Å². The molecule has 0 fully saturated rings. The lowest BCUT2D eigenvalue weighted by atomic mass is 10.1. The van der Waals surface area contributed by atoms with Crippen molar-refractivity contribution in [2.24, 2.45) is 0 Å². The van der Waals surface area contributed by atoms with Crippen molar-refractivity contribution in [1.29, 1.82) is 0 Å². The fourth-order valence-electron chi connectivity index (χ4n) is 1.33. The first-order valence-corrected chi connectivity index (χ1v) is 8.41. The number of nitrogens with zero attached hydrogens (tertiary/aromatic N) is 4. The van der Waals surface area contributed by atoms with E-state index in [9.17, 15) is 0 Å². The number of rotatable bonds is 4. The third-order valence-corrected chi connectivity index (χ3v) is 5.39. The molecule has 0 radical (unpaired) electrons. The monoisotopic (exact) mass is 318 g/mol. The summed E-state index contributed by atoms with van der Waals surface area (Å²) < 4.78 is 1.82. The summed E-state index contributed by atoms with van der Waals surface area (Å²) in [7, 11) is 0. The van der Waals surface area contributed by atoms with Crippen LogP contribution < -0.4 is 0 Å². The predicted octanol–water partition coefficient (Wildman–Crippen LogP) is 3.98. The van der Waals surface area contributed by atoms with Crippen LogP contribution in [0.25, 0.3) is 0 Å². The Labute approximate surface area is 123 Å². The van der Waals surface area contributed by atoms with E-state index in [-0.39, 0.29) is 5.92 Å². The third kappa shape index (κ3) is 3.14. The highest BCUT2D eigenvalue weighted by molar-refractivity contribution is 8.03. The molecule has 0 bridgehead atoms. The second-order valence-corrected chi connectivity index (χ2v) is 7.30. The molecule has 2 aromatic heterocycles. The Morgan fingerprint density at radius 3 is 2.56 bits per heavy atom. The number of hydrogen-bond donors (Lipinski definition) is 0. The molecule has 0 saturated heterocycles. The maximum absolute atomic E-state index is 6.12. The van der Waals surface area contributed by atoms with Crippen molar-refractivity contribution in [2.45, 2.75) is 33.5 Å². The largest absolute Gasteiger partial charge is 0.229 e. The Hall–Kier alpha value is -0.370. The molecule has 8 heteroatoms. The minimum Gasteiger partial charge on any atom is -0.229 e. The van der Waals surface area contributed by atoms with Crippen molar-refractivity contribution in [2.75, 3.05) is 6.26 Å². The van der Waals surface area contributed by atoms with Crippen LogP contribution in [-0.4, -0.2) is 26.4 Å². The van der Waals surface area contributed by atoms with Gasteiger partial charge in [-0.1, -0.05) is 48.5 Å². The minimum absolute atomic E-state index is 0.272. The summed E-state index contributed by atoms with van der Waals surface area (Å²) in [6.07, 6.45) is 3.46. The molecule has 0 saturated carbocycles. The molecule has 4 nitrogen and oxygen atoms in total. The van der Waals surface area contributed by atoms with E-state index in [0.29, 0.717) is 5.15 Å². The second-order valence-electron chi connectivity index (χ2n) is 3.68. The van der Waals surface area contributed by atoms with Gasteiger partial charge in [0, 0.05) is 5.56 Å². The zero-order chi connectivity index (χ0) is 13.1. The van der Waals surface area contributed by atoms with Crippen molar-refractivity contribution in [3.8, 4) is 0 Å². The van der Waals surface area contributed by atoms with Gasteiger partial charge in [-0.05, 0) is 23.9 Å². The van der Waals surface area contributed by atoms with E-state index >= 15 is 0 Å². The molecule has 0 aromatic carbocycles. The van der Waals surface area contributed by atoms with E-state index in [1.807, 2.05) is 6.26 Å². The number of hydrogen-bond acceptors (Lipinski definition) is 7. The number of halogens is 1. The van der Waals surface area contributed by atoms with Gasteiger partial charge in [0.2, 0.25) is 0 Å². The molecule has 2 heterocycles. The maximum Gasteiger partial charge on any atom is 0.181 e. The van der Waals surface area contributed by atoms with Crippen LogP contribution in [0, 0.1) is 0 Å². The van der Waals surface area contributed by atoms with Crippen molar-refractivity contribution >= 4 is 46.5 Å². The van der Waals surface area contributed by atoms with Crippen LogP contribution in [0.2, 0.25) is 5.15 Å². The Balaban J connectivity index is 2.31. The van der Waals surface area contributed by atoms with E-state index in [0.717, 1.165) is 19.3 Å². The molecule has 0 N–H and O–H groups in total. The van der Waals surface area contributed by atoms with Crippen LogP contribution in [0.4, 0.5) is 0 Å². The summed E-state index contributed by atoms with van der Waals surface area (Å²) in [6, 6.07) is 0. The lowest BCUT2D eigenvalue weighted by Gasteiger charge is -2.10. The van der Waals surface area contributed by atoms with Gasteiger partial charge in [-0.25, -0.2) is 9.97 Å². The molecule has 0 spiro atoms. The highest BCUT2D eigenvalue weighted by Crippen LogP contribution is 2.37. The maximum atomic E-state index is 6.12. The van der Waals surface area contributed by atoms with Crippen LogP contribution >= 0.6 is 46.5 Å².